The summed E-state index contributed by atoms with van der Waals surface area (Å²) in [6.07, 6.45) is 2.70. The van der Waals surface area contributed by atoms with Gasteiger partial charge in [-0.15, -0.1) is 0 Å². The zero-order chi connectivity index (χ0) is 16.2. The topological polar surface area (TPSA) is 67.8 Å². The van der Waals surface area contributed by atoms with E-state index >= 15 is 0 Å². The minimum absolute atomic E-state index is 0.230. The molecule has 1 aromatic carbocycles. The summed E-state index contributed by atoms with van der Waals surface area (Å²) in [6.45, 7) is 5.82. The standard InChI is InChI=1S/C16H22N2O3S/c1-15(2,3)22(20)17-12-16(9-10-16)18-14(19)21-11-13-7-5-4-6-8-13/h4-8,12H,9-11H2,1-3H3,(H,18,19)/b17-12-/t22-/m0/s1. The minimum atomic E-state index is -1.31. The van der Waals surface area contributed by atoms with Crippen LogP contribution in [0.25, 0.3) is 0 Å². The van der Waals surface area contributed by atoms with Gasteiger partial charge < -0.3 is 10.1 Å². The second-order valence-electron chi connectivity index (χ2n) is 6.44. The zero-order valence-corrected chi connectivity index (χ0v) is 14.0. The van der Waals surface area contributed by atoms with Crippen molar-refractivity contribution in [1.82, 2.24) is 5.32 Å². The van der Waals surface area contributed by atoms with Gasteiger partial charge in [-0.25, -0.2) is 9.00 Å². The third-order valence-corrected chi connectivity index (χ3v) is 4.62. The van der Waals surface area contributed by atoms with Crippen molar-refractivity contribution in [2.24, 2.45) is 4.40 Å². The smallest absolute Gasteiger partial charge is 0.408 e. The Bertz CT molecular complexity index is 575. The number of carbonyl (C=O) groups excluding carboxylic acids is 1. The number of hydrogen-bond acceptors (Lipinski definition) is 3. The van der Waals surface area contributed by atoms with Crippen molar-refractivity contribution in [2.75, 3.05) is 0 Å². The first-order valence-electron chi connectivity index (χ1n) is 7.27. The summed E-state index contributed by atoms with van der Waals surface area (Å²) in [5.41, 5.74) is 0.444. The zero-order valence-electron chi connectivity index (χ0n) is 13.2. The monoisotopic (exact) mass is 322 g/mol. The van der Waals surface area contributed by atoms with Crippen LogP contribution in [-0.2, 0) is 22.3 Å². The molecular formula is C16H22N2O3S. The summed E-state index contributed by atoms with van der Waals surface area (Å²) in [7, 11) is -1.31. The van der Waals surface area contributed by atoms with Gasteiger partial charge in [-0.1, -0.05) is 30.3 Å². The molecule has 1 aliphatic rings. The number of carbonyl (C=O) groups is 1. The molecule has 5 nitrogen and oxygen atoms in total. The van der Waals surface area contributed by atoms with Gasteiger partial charge in [0.1, 0.15) is 17.6 Å². The number of nitrogens with one attached hydrogen (secondary N) is 1. The average molecular weight is 322 g/mol. The highest BCUT2D eigenvalue weighted by Crippen LogP contribution is 2.34. The molecule has 0 aromatic heterocycles. The lowest BCUT2D eigenvalue weighted by atomic mass is 10.2. The van der Waals surface area contributed by atoms with Crippen molar-refractivity contribution in [3.8, 4) is 0 Å². The fraction of sp³-hybridized carbons (Fsp3) is 0.500. The normalized spacial score (nSPS) is 18.0. The molecule has 0 heterocycles. The first-order valence-corrected chi connectivity index (χ1v) is 8.38. The van der Waals surface area contributed by atoms with Crippen LogP contribution < -0.4 is 5.32 Å². The molecule has 1 fully saturated rings. The summed E-state index contributed by atoms with van der Waals surface area (Å²) in [6, 6.07) is 9.50. The van der Waals surface area contributed by atoms with Crippen LogP contribution in [0.2, 0.25) is 0 Å². The molecule has 120 valence electrons. The molecule has 1 saturated carbocycles. The second kappa shape index (κ2) is 6.60. The lowest BCUT2D eigenvalue weighted by Gasteiger charge is -2.15. The molecule has 1 atom stereocenters. The lowest BCUT2D eigenvalue weighted by Crippen LogP contribution is -2.38. The first kappa shape index (κ1) is 16.7. The third-order valence-electron chi connectivity index (χ3n) is 3.27. The highest BCUT2D eigenvalue weighted by atomic mass is 32.2. The van der Waals surface area contributed by atoms with Crippen LogP contribution in [0, 0.1) is 0 Å². The van der Waals surface area contributed by atoms with Crippen molar-refractivity contribution in [3.63, 3.8) is 0 Å². The maximum atomic E-state index is 11.9. The summed E-state index contributed by atoms with van der Waals surface area (Å²) < 4.78 is 20.8. The van der Waals surface area contributed by atoms with Gasteiger partial charge in [0.15, 0.2) is 0 Å². The Morgan fingerprint density at radius 2 is 2.00 bits per heavy atom. The Morgan fingerprint density at radius 1 is 1.36 bits per heavy atom. The number of amides is 1. The first-order chi connectivity index (χ1) is 10.3. The van der Waals surface area contributed by atoms with Crippen LogP contribution in [0.3, 0.4) is 0 Å². The lowest BCUT2D eigenvalue weighted by molar-refractivity contribution is 0.137. The number of benzene rings is 1. The molecule has 0 unspecified atom stereocenters. The Hall–Kier alpha value is -1.69. The number of nitrogens with zero attached hydrogens (tertiary/aromatic N) is 1. The van der Waals surface area contributed by atoms with Gasteiger partial charge in [-0.05, 0) is 39.2 Å². The summed E-state index contributed by atoms with van der Waals surface area (Å²) in [5.74, 6) is 0. The molecule has 1 amide bonds. The van der Waals surface area contributed by atoms with Crippen LogP contribution in [0.4, 0.5) is 4.79 Å². The molecule has 2 rings (SSSR count). The van der Waals surface area contributed by atoms with E-state index in [0.29, 0.717) is 0 Å². The van der Waals surface area contributed by atoms with Gasteiger partial charge in [0.2, 0.25) is 0 Å². The molecule has 6 heteroatoms. The summed E-state index contributed by atoms with van der Waals surface area (Å²) in [4.78, 5) is 11.8. The Balaban J connectivity index is 1.83. The molecule has 0 radical (unpaired) electrons. The van der Waals surface area contributed by atoms with E-state index in [1.54, 1.807) is 6.21 Å². The van der Waals surface area contributed by atoms with Crippen LogP contribution >= 0.6 is 0 Å². The van der Waals surface area contributed by atoms with E-state index in [1.807, 2.05) is 51.1 Å². The van der Waals surface area contributed by atoms with E-state index in [9.17, 15) is 9.00 Å². The van der Waals surface area contributed by atoms with Gasteiger partial charge >= 0.3 is 6.09 Å². The number of hydrogen-bond donors (Lipinski definition) is 1. The largest absolute Gasteiger partial charge is 0.445 e. The molecule has 22 heavy (non-hydrogen) atoms. The molecule has 0 saturated heterocycles. The van der Waals surface area contributed by atoms with Crippen molar-refractivity contribution in [3.05, 3.63) is 35.9 Å². The minimum Gasteiger partial charge on any atom is -0.445 e. The molecule has 1 N–H and O–H groups in total. The van der Waals surface area contributed by atoms with Crippen molar-refractivity contribution in [1.29, 1.82) is 0 Å². The second-order valence-corrected chi connectivity index (χ2v) is 8.37. The van der Waals surface area contributed by atoms with Crippen LogP contribution in [-0.4, -0.2) is 26.8 Å². The maximum Gasteiger partial charge on any atom is 0.408 e. The van der Waals surface area contributed by atoms with E-state index in [2.05, 4.69) is 9.71 Å². The van der Waals surface area contributed by atoms with E-state index < -0.39 is 27.4 Å². The Morgan fingerprint density at radius 3 is 2.55 bits per heavy atom. The predicted octanol–water partition coefficient (Wildman–Crippen LogP) is 2.98. The maximum absolute atomic E-state index is 11.9. The molecule has 0 aliphatic heterocycles. The molecule has 0 spiro atoms. The van der Waals surface area contributed by atoms with Gasteiger partial charge in [0, 0.05) is 6.21 Å². The van der Waals surface area contributed by atoms with Gasteiger partial charge in [0.05, 0.1) is 10.3 Å². The van der Waals surface area contributed by atoms with E-state index in [1.165, 1.54) is 0 Å². The number of ether oxygens (including phenoxy) is 1. The summed E-state index contributed by atoms with van der Waals surface area (Å²) in [5, 5.41) is 2.80. The van der Waals surface area contributed by atoms with Gasteiger partial charge in [0.25, 0.3) is 0 Å². The Labute approximate surface area is 133 Å². The van der Waals surface area contributed by atoms with E-state index in [4.69, 9.17) is 4.74 Å². The predicted molar refractivity (Wildman–Crippen MR) is 88.1 cm³/mol. The summed E-state index contributed by atoms with van der Waals surface area (Å²) >= 11 is 0. The molecule has 1 aliphatic carbocycles. The van der Waals surface area contributed by atoms with Crippen molar-refractivity contribution < 1.29 is 13.7 Å². The highest BCUT2D eigenvalue weighted by Gasteiger charge is 2.43. The molecule has 0 bridgehead atoms. The quantitative estimate of drug-likeness (QED) is 0.847. The SMILES string of the molecule is CC(C)(C)[S@](=O)/N=C\C1(NC(=O)OCc2ccccc2)CC1. The van der Waals surface area contributed by atoms with Crippen LogP contribution in [0.15, 0.2) is 34.7 Å². The van der Waals surface area contributed by atoms with Crippen LogP contribution in [0.5, 0.6) is 0 Å². The highest BCUT2D eigenvalue weighted by molar-refractivity contribution is 7.85. The molecule has 1 aromatic rings. The van der Waals surface area contributed by atoms with Crippen molar-refractivity contribution in [2.45, 2.75) is 50.5 Å². The third kappa shape index (κ3) is 4.94. The number of alkyl carbamates (subject to hydrolysis) is 1. The van der Waals surface area contributed by atoms with Gasteiger partial charge in [-0.2, -0.15) is 4.40 Å². The Kier molecular flexibility index (Phi) is 5.01. The van der Waals surface area contributed by atoms with Crippen molar-refractivity contribution >= 4 is 23.3 Å². The van der Waals surface area contributed by atoms with E-state index in [-0.39, 0.29) is 6.61 Å². The van der Waals surface area contributed by atoms with Crippen LogP contribution in [0.1, 0.15) is 39.2 Å². The number of rotatable bonds is 5. The fourth-order valence-electron chi connectivity index (χ4n) is 1.69. The molecular weight excluding hydrogens is 300 g/mol. The average Bonchev–Trinajstić information content (AvgIpc) is 3.22. The van der Waals surface area contributed by atoms with Gasteiger partial charge in [-0.3, -0.25) is 0 Å². The fourth-order valence-corrected chi connectivity index (χ4v) is 2.30. The van der Waals surface area contributed by atoms with E-state index in [0.717, 1.165) is 18.4 Å².